The normalized spacial score (nSPS) is 19.3. The van der Waals surface area contributed by atoms with Gasteiger partial charge in [-0.1, -0.05) is 52.2 Å². The summed E-state index contributed by atoms with van der Waals surface area (Å²) in [5.74, 6) is 0.660. The Morgan fingerprint density at radius 1 is 0.959 bits per heavy atom. The fourth-order valence-corrected chi connectivity index (χ4v) is 7.58. The number of amides is 1. The molecule has 2 fully saturated rings. The molecule has 1 saturated carbocycles. The molecule has 1 saturated heterocycles. The van der Waals surface area contributed by atoms with E-state index in [0.29, 0.717) is 49.8 Å². The van der Waals surface area contributed by atoms with E-state index in [4.69, 9.17) is 28.1 Å². The lowest BCUT2D eigenvalue weighted by atomic mass is 9.75. The first-order chi connectivity index (χ1) is 23.3. The second kappa shape index (κ2) is 19.0. The minimum Gasteiger partial charge on any atom is -0.493 e. The number of carbonyl (C=O) groups excluding carboxylic acids is 2. The molecule has 1 aliphatic heterocycles. The van der Waals surface area contributed by atoms with Gasteiger partial charge >= 0.3 is 5.97 Å². The molecular weight excluding hydrogens is 639 g/mol. The average molecular weight is 702 g/mol. The number of piperidine rings is 1. The molecule has 0 aromatic heterocycles. The van der Waals surface area contributed by atoms with Gasteiger partial charge in [0.2, 0.25) is 11.7 Å². The highest BCUT2D eigenvalue weighted by atomic mass is 28.4. The van der Waals surface area contributed by atoms with Crippen LogP contribution in [0.25, 0.3) is 0 Å². The van der Waals surface area contributed by atoms with Gasteiger partial charge in [0.05, 0.1) is 33.4 Å². The second-order valence-corrected chi connectivity index (χ2v) is 19.9. The molecule has 1 aromatic rings. The standard InChI is InChI=1S/C39H63NO8Si/c1-11-18-28(3)48-38(42)32-21-16-17-22-40(32)37(41)35(29-19-14-13-15-20-29)30-24-33(43-7)36(44-8)34(25-30)46-26-31(45-23-12-2)27-47-49(9,10)39(4,5)6/h11-12,24-25,28-29,31-32,35H,1-2,13-23,26-27H2,3-10H3/t28-,31-,32+,35+/m1/s1. The zero-order chi connectivity index (χ0) is 36.2. The Kier molecular flexibility index (Phi) is 15.7. The van der Waals surface area contributed by atoms with Crippen molar-refractivity contribution in [2.45, 2.75) is 128 Å². The molecule has 0 unspecified atom stereocenters. The predicted molar refractivity (Wildman–Crippen MR) is 197 cm³/mol. The molecule has 9 nitrogen and oxygen atoms in total. The number of carbonyl (C=O) groups is 2. The van der Waals surface area contributed by atoms with Gasteiger partial charge in [0, 0.05) is 13.0 Å². The molecule has 1 amide bonds. The number of methoxy groups -OCH3 is 2. The van der Waals surface area contributed by atoms with Gasteiger partial charge in [-0.15, -0.1) is 13.2 Å². The predicted octanol–water partition coefficient (Wildman–Crippen LogP) is 8.23. The fourth-order valence-electron chi connectivity index (χ4n) is 6.55. The Morgan fingerprint density at radius 2 is 1.63 bits per heavy atom. The van der Waals surface area contributed by atoms with Crippen LogP contribution in [-0.4, -0.2) is 83.9 Å². The van der Waals surface area contributed by atoms with Crippen LogP contribution in [0.1, 0.15) is 97.0 Å². The van der Waals surface area contributed by atoms with Gasteiger partial charge in [-0.05, 0) is 80.8 Å². The molecule has 1 aliphatic carbocycles. The van der Waals surface area contributed by atoms with Crippen molar-refractivity contribution in [1.82, 2.24) is 4.90 Å². The maximum Gasteiger partial charge on any atom is 0.329 e. The van der Waals surface area contributed by atoms with Crippen LogP contribution in [0.3, 0.4) is 0 Å². The number of esters is 1. The monoisotopic (exact) mass is 701 g/mol. The first-order valence-corrected chi connectivity index (χ1v) is 21.1. The highest BCUT2D eigenvalue weighted by Gasteiger charge is 2.41. The van der Waals surface area contributed by atoms with E-state index >= 15 is 0 Å². The van der Waals surface area contributed by atoms with E-state index in [1.54, 1.807) is 31.3 Å². The van der Waals surface area contributed by atoms with E-state index in [2.05, 4.69) is 47.0 Å². The first-order valence-electron chi connectivity index (χ1n) is 18.1. The van der Waals surface area contributed by atoms with E-state index < -0.39 is 20.3 Å². The lowest BCUT2D eigenvalue weighted by Gasteiger charge is -2.39. The summed E-state index contributed by atoms with van der Waals surface area (Å²) in [6.45, 7) is 22.0. The van der Waals surface area contributed by atoms with Crippen molar-refractivity contribution in [3.63, 3.8) is 0 Å². The number of ether oxygens (including phenoxy) is 5. The minimum atomic E-state index is -2.03. The van der Waals surface area contributed by atoms with Crippen LogP contribution in [-0.2, 0) is 23.5 Å². The SMILES string of the molecule is C=CCO[C@H](COc1cc([C@@H](C(=O)N2CCCC[C@H]2C(=O)O[C@H](C)CC=C)C2CCCCC2)cc(OC)c1OC)CO[Si](C)(C)C(C)(C)C. The third kappa shape index (κ3) is 11.1. The van der Waals surface area contributed by atoms with Gasteiger partial charge in [0.15, 0.2) is 19.8 Å². The van der Waals surface area contributed by atoms with Crippen molar-refractivity contribution < 1.29 is 37.7 Å². The molecule has 3 rings (SSSR count). The van der Waals surface area contributed by atoms with Crippen molar-refractivity contribution in [2.24, 2.45) is 5.92 Å². The number of hydrogen-bond donors (Lipinski definition) is 0. The van der Waals surface area contributed by atoms with Crippen molar-refractivity contribution in [2.75, 3.05) is 40.6 Å². The van der Waals surface area contributed by atoms with Crippen molar-refractivity contribution in [1.29, 1.82) is 0 Å². The summed E-state index contributed by atoms with van der Waals surface area (Å²) >= 11 is 0. The number of nitrogens with zero attached hydrogens (tertiary/aromatic N) is 1. The zero-order valence-corrected chi connectivity index (χ0v) is 32.5. The van der Waals surface area contributed by atoms with E-state index in [-0.39, 0.29) is 41.6 Å². The van der Waals surface area contributed by atoms with Gasteiger partial charge < -0.3 is 33.0 Å². The Balaban J connectivity index is 1.98. The number of hydrogen-bond acceptors (Lipinski definition) is 8. The third-order valence-corrected chi connectivity index (χ3v) is 14.9. The van der Waals surface area contributed by atoms with Crippen LogP contribution in [0.4, 0.5) is 0 Å². The molecule has 49 heavy (non-hydrogen) atoms. The summed E-state index contributed by atoms with van der Waals surface area (Å²) in [6.07, 6.45) is 10.8. The molecule has 276 valence electrons. The van der Waals surface area contributed by atoms with Crippen LogP contribution in [0.2, 0.25) is 18.1 Å². The van der Waals surface area contributed by atoms with E-state index in [0.717, 1.165) is 50.5 Å². The first kappa shape index (κ1) is 40.6. The molecule has 10 heteroatoms. The second-order valence-electron chi connectivity index (χ2n) is 15.1. The minimum absolute atomic E-state index is 0.0435. The third-order valence-electron chi connectivity index (χ3n) is 10.4. The van der Waals surface area contributed by atoms with Crippen LogP contribution in [0.15, 0.2) is 37.4 Å². The highest BCUT2D eigenvalue weighted by molar-refractivity contribution is 6.74. The molecule has 2 aliphatic rings. The van der Waals surface area contributed by atoms with Gasteiger partial charge in [-0.2, -0.15) is 0 Å². The van der Waals surface area contributed by atoms with Gasteiger partial charge in [-0.25, -0.2) is 4.79 Å². The average Bonchev–Trinajstić information content (AvgIpc) is 3.07. The number of rotatable bonds is 18. The van der Waals surface area contributed by atoms with Gasteiger partial charge in [0.25, 0.3) is 0 Å². The topological polar surface area (TPSA) is 92.8 Å². The number of likely N-dealkylation sites (tertiary alicyclic amines) is 1. The zero-order valence-electron chi connectivity index (χ0n) is 31.5. The molecule has 1 aromatic carbocycles. The Morgan fingerprint density at radius 3 is 2.24 bits per heavy atom. The van der Waals surface area contributed by atoms with Crippen LogP contribution in [0, 0.1) is 5.92 Å². The molecule has 0 N–H and O–H groups in total. The van der Waals surface area contributed by atoms with E-state index in [1.807, 2.05) is 19.1 Å². The molecule has 0 bridgehead atoms. The quantitative estimate of drug-likeness (QED) is 0.0859. The molecule has 1 heterocycles. The number of benzene rings is 1. The smallest absolute Gasteiger partial charge is 0.329 e. The summed E-state index contributed by atoms with van der Waals surface area (Å²) in [5, 5.41) is 0.0520. The summed E-state index contributed by atoms with van der Waals surface area (Å²) in [6, 6.07) is 3.21. The summed E-state index contributed by atoms with van der Waals surface area (Å²) < 4.78 is 36.5. The Labute approximate surface area is 296 Å². The maximum atomic E-state index is 14.8. The fraction of sp³-hybridized carbons (Fsp3) is 0.692. The van der Waals surface area contributed by atoms with Crippen molar-refractivity contribution in [3.05, 3.63) is 43.0 Å². The highest BCUT2D eigenvalue weighted by Crippen LogP contribution is 2.45. The summed E-state index contributed by atoms with van der Waals surface area (Å²) in [7, 11) is 1.14. The molecule has 0 radical (unpaired) electrons. The Bertz CT molecular complexity index is 1240. The summed E-state index contributed by atoms with van der Waals surface area (Å²) in [4.78, 5) is 30.0. The van der Waals surface area contributed by atoms with Gasteiger partial charge in [0.1, 0.15) is 24.9 Å². The molecule has 0 spiro atoms. The van der Waals surface area contributed by atoms with Crippen molar-refractivity contribution in [3.8, 4) is 17.2 Å². The van der Waals surface area contributed by atoms with Crippen LogP contribution >= 0.6 is 0 Å². The van der Waals surface area contributed by atoms with E-state index in [1.165, 1.54) is 0 Å². The lowest BCUT2D eigenvalue weighted by Crippen LogP contribution is -2.51. The maximum absolute atomic E-state index is 14.8. The van der Waals surface area contributed by atoms with E-state index in [9.17, 15) is 9.59 Å². The molecule has 4 atom stereocenters. The molecular formula is C39H63NO8Si. The lowest BCUT2D eigenvalue weighted by molar-refractivity contribution is -0.161. The Hall–Kier alpha value is -2.82. The summed E-state index contributed by atoms with van der Waals surface area (Å²) in [5.41, 5.74) is 0.795. The van der Waals surface area contributed by atoms with Crippen LogP contribution < -0.4 is 14.2 Å². The van der Waals surface area contributed by atoms with Crippen LogP contribution in [0.5, 0.6) is 17.2 Å². The van der Waals surface area contributed by atoms with Gasteiger partial charge in [-0.3, -0.25) is 4.79 Å². The van der Waals surface area contributed by atoms with Crippen molar-refractivity contribution >= 4 is 20.2 Å². The largest absolute Gasteiger partial charge is 0.493 e.